The van der Waals surface area contributed by atoms with E-state index < -0.39 is 0 Å². The fourth-order valence-corrected chi connectivity index (χ4v) is 2.30. The molecule has 0 saturated carbocycles. The third-order valence-corrected chi connectivity index (χ3v) is 3.49. The molecule has 0 radical (unpaired) electrons. The van der Waals surface area contributed by atoms with Gasteiger partial charge in [0.2, 0.25) is 0 Å². The van der Waals surface area contributed by atoms with Gasteiger partial charge in [0.25, 0.3) is 5.89 Å². The van der Waals surface area contributed by atoms with Crippen molar-refractivity contribution in [2.75, 3.05) is 7.05 Å². The van der Waals surface area contributed by atoms with E-state index in [0.29, 0.717) is 29.6 Å². The Kier molecular flexibility index (Phi) is 5.20. The molecule has 8 heteroatoms. The molecule has 2 heterocycles. The molecule has 1 aromatic carbocycles. The molecule has 0 spiro atoms. The van der Waals surface area contributed by atoms with Crippen LogP contribution in [-0.2, 0) is 13.0 Å². The van der Waals surface area contributed by atoms with Gasteiger partial charge in [0.15, 0.2) is 18.2 Å². The van der Waals surface area contributed by atoms with Gasteiger partial charge in [0.1, 0.15) is 5.75 Å². The number of aryl methyl sites for hydroxylation is 2. The van der Waals surface area contributed by atoms with Gasteiger partial charge in [-0.15, -0.1) is 0 Å². The molecule has 1 N–H and O–H groups in total. The van der Waals surface area contributed by atoms with Crippen LogP contribution in [0.25, 0.3) is 11.3 Å². The molecular formula is C17H19N5O3. The summed E-state index contributed by atoms with van der Waals surface area (Å²) in [7, 11) is 1.69. The molecule has 0 aliphatic carbocycles. The monoisotopic (exact) mass is 341 g/mol. The van der Waals surface area contributed by atoms with Gasteiger partial charge >= 0.3 is 0 Å². The number of ether oxygens (including phenoxy) is 1. The first-order valence-corrected chi connectivity index (χ1v) is 7.91. The van der Waals surface area contributed by atoms with E-state index >= 15 is 0 Å². The Balaban J connectivity index is 1.91. The van der Waals surface area contributed by atoms with Crippen LogP contribution in [0.4, 0.5) is 0 Å². The molecular weight excluding hydrogens is 322 g/mol. The molecule has 0 amide bonds. The van der Waals surface area contributed by atoms with Crippen molar-refractivity contribution >= 4 is 0 Å². The molecule has 3 rings (SSSR count). The first kappa shape index (κ1) is 16.8. The second kappa shape index (κ2) is 7.71. The van der Waals surface area contributed by atoms with Crippen LogP contribution in [0.2, 0.25) is 0 Å². The summed E-state index contributed by atoms with van der Waals surface area (Å²) in [5.41, 5.74) is 5.00. The summed E-state index contributed by atoms with van der Waals surface area (Å²) in [4.78, 5) is 18.3. The second-order valence-electron chi connectivity index (χ2n) is 5.20. The maximum atomic E-state index is 5.91. The molecule has 130 valence electrons. The van der Waals surface area contributed by atoms with Crippen LogP contribution < -0.4 is 15.1 Å². The highest BCUT2D eigenvalue weighted by Gasteiger charge is 2.14. The minimum absolute atomic E-state index is 0.155. The summed E-state index contributed by atoms with van der Waals surface area (Å²) < 4.78 is 11.1. The molecule has 0 atom stereocenters. The summed E-state index contributed by atoms with van der Waals surface area (Å²) in [6.07, 6.45) is 4.01. The molecule has 0 saturated heterocycles. The van der Waals surface area contributed by atoms with Crippen molar-refractivity contribution in [1.82, 2.24) is 25.6 Å². The molecule has 0 bridgehead atoms. The number of hydrogen-bond donors (Lipinski definition) is 1. The number of rotatable bonds is 7. The first-order chi connectivity index (χ1) is 12.2. The Morgan fingerprint density at radius 3 is 2.76 bits per heavy atom. The third kappa shape index (κ3) is 3.92. The zero-order valence-corrected chi connectivity index (χ0v) is 14.3. The van der Waals surface area contributed by atoms with E-state index in [-0.39, 0.29) is 6.61 Å². The molecule has 0 aliphatic rings. The van der Waals surface area contributed by atoms with Crippen molar-refractivity contribution in [3.05, 3.63) is 48.0 Å². The van der Waals surface area contributed by atoms with Crippen LogP contribution in [0, 0.1) is 6.92 Å². The highest BCUT2D eigenvalue weighted by Crippen LogP contribution is 2.33. The van der Waals surface area contributed by atoms with Crippen molar-refractivity contribution in [1.29, 1.82) is 0 Å². The summed E-state index contributed by atoms with van der Waals surface area (Å²) in [6.45, 7) is 4.01. The van der Waals surface area contributed by atoms with Crippen LogP contribution in [0.1, 0.15) is 24.3 Å². The van der Waals surface area contributed by atoms with Gasteiger partial charge in [-0.25, -0.2) is 0 Å². The van der Waals surface area contributed by atoms with E-state index in [2.05, 4.69) is 25.6 Å². The van der Waals surface area contributed by atoms with Crippen LogP contribution in [0.15, 0.2) is 35.1 Å². The predicted octanol–water partition coefficient (Wildman–Crippen LogP) is 2.49. The van der Waals surface area contributed by atoms with Gasteiger partial charge in [-0.3, -0.25) is 9.97 Å². The Morgan fingerprint density at radius 1 is 1.20 bits per heavy atom. The van der Waals surface area contributed by atoms with Gasteiger partial charge in [-0.2, -0.15) is 10.5 Å². The topological polar surface area (TPSA) is 95.2 Å². The van der Waals surface area contributed by atoms with Crippen molar-refractivity contribution in [3.63, 3.8) is 0 Å². The molecule has 8 nitrogen and oxygen atoms in total. The van der Waals surface area contributed by atoms with Crippen LogP contribution in [0.3, 0.4) is 0 Å². The summed E-state index contributed by atoms with van der Waals surface area (Å²) >= 11 is 0. The highest BCUT2D eigenvalue weighted by atomic mass is 16.6. The first-order valence-electron chi connectivity index (χ1n) is 7.91. The van der Waals surface area contributed by atoms with E-state index in [1.165, 1.54) is 0 Å². The predicted molar refractivity (Wildman–Crippen MR) is 89.9 cm³/mol. The van der Waals surface area contributed by atoms with Gasteiger partial charge < -0.3 is 14.1 Å². The fraction of sp³-hybridized carbons (Fsp3) is 0.294. The SMILES string of the molecule is CCc1noc(COc2cc(ONC)ccc2-c2nccnc2C)n1. The normalized spacial score (nSPS) is 10.7. The zero-order chi connectivity index (χ0) is 17.6. The molecule has 3 aromatic rings. The van der Waals surface area contributed by atoms with Crippen LogP contribution >= 0.6 is 0 Å². The van der Waals surface area contributed by atoms with E-state index in [9.17, 15) is 0 Å². The lowest BCUT2D eigenvalue weighted by molar-refractivity contribution is 0.218. The number of hydrogen-bond acceptors (Lipinski definition) is 8. The third-order valence-electron chi connectivity index (χ3n) is 3.49. The Hall–Kier alpha value is -3.00. The quantitative estimate of drug-likeness (QED) is 0.655. The van der Waals surface area contributed by atoms with Crippen molar-refractivity contribution < 1.29 is 14.1 Å². The van der Waals surface area contributed by atoms with Gasteiger partial charge in [0, 0.05) is 37.5 Å². The Morgan fingerprint density at radius 2 is 2.04 bits per heavy atom. The lowest BCUT2D eigenvalue weighted by atomic mass is 10.1. The van der Waals surface area contributed by atoms with E-state index in [1.807, 2.05) is 26.0 Å². The number of hydroxylamine groups is 1. The Bertz CT molecular complexity index is 850. The van der Waals surface area contributed by atoms with Crippen molar-refractivity contribution in [3.8, 4) is 22.8 Å². The van der Waals surface area contributed by atoms with Crippen molar-refractivity contribution in [2.45, 2.75) is 26.9 Å². The summed E-state index contributed by atoms with van der Waals surface area (Å²) in [5, 5.41) is 3.87. The van der Waals surface area contributed by atoms with Crippen LogP contribution in [0.5, 0.6) is 11.5 Å². The lowest BCUT2D eigenvalue weighted by Crippen LogP contribution is -2.11. The summed E-state index contributed by atoms with van der Waals surface area (Å²) in [5.74, 6) is 2.27. The minimum Gasteiger partial charge on any atom is -0.483 e. The Labute approximate surface area is 145 Å². The average molecular weight is 341 g/mol. The number of nitrogens with one attached hydrogen (secondary N) is 1. The zero-order valence-electron chi connectivity index (χ0n) is 14.3. The molecule has 0 unspecified atom stereocenters. The molecule has 2 aromatic heterocycles. The second-order valence-corrected chi connectivity index (χ2v) is 5.20. The average Bonchev–Trinajstić information content (AvgIpc) is 3.09. The number of aromatic nitrogens is 4. The van der Waals surface area contributed by atoms with Gasteiger partial charge in [-0.1, -0.05) is 12.1 Å². The molecule has 0 aliphatic heterocycles. The van der Waals surface area contributed by atoms with Gasteiger partial charge in [0.05, 0.1) is 11.4 Å². The standard InChI is InChI=1S/C17H19N5O3/c1-4-15-21-16(25-22-15)10-23-14-9-12(24-18-3)5-6-13(14)17-11(2)19-7-8-20-17/h5-9,18H,4,10H2,1-3H3. The van der Waals surface area contributed by atoms with E-state index in [4.69, 9.17) is 14.1 Å². The molecule has 25 heavy (non-hydrogen) atoms. The van der Waals surface area contributed by atoms with Gasteiger partial charge in [-0.05, 0) is 19.1 Å². The largest absolute Gasteiger partial charge is 0.483 e. The van der Waals surface area contributed by atoms with E-state index in [0.717, 1.165) is 17.0 Å². The summed E-state index contributed by atoms with van der Waals surface area (Å²) in [6, 6.07) is 5.48. The van der Waals surface area contributed by atoms with Crippen molar-refractivity contribution in [2.24, 2.45) is 0 Å². The number of benzene rings is 1. The maximum Gasteiger partial charge on any atom is 0.264 e. The smallest absolute Gasteiger partial charge is 0.264 e. The highest BCUT2D eigenvalue weighted by molar-refractivity contribution is 5.70. The number of nitrogens with zero attached hydrogens (tertiary/aromatic N) is 4. The van der Waals surface area contributed by atoms with Crippen LogP contribution in [-0.4, -0.2) is 27.2 Å². The fourth-order valence-electron chi connectivity index (χ4n) is 2.30. The molecule has 0 fully saturated rings. The maximum absolute atomic E-state index is 5.91. The van der Waals surface area contributed by atoms with E-state index in [1.54, 1.807) is 25.5 Å². The lowest BCUT2D eigenvalue weighted by Gasteiger charge is -2.13. The minimum atomic E-state index is 0.155.